The number of hydrogen-bond acceptors (Lipinski definition) is 6. The number of anilines is 1. The molecule has 28 heavy (non-hydrogen) atoms. The quantitative estimate of drug-likeness (QED) is 0.707. The van der Waals surface area contributed by atoms with Gasteiger partial charge in [-0.25, -0.2) is 12.8 Å². The number of nitrogens with one attached hydrogen (secondary N) is 1. The molecule has 1 aliphatic rings. The van der Waals surface area contributed by atoms with Gasteiger partial charge in [0.1, 0.15) is 5.82 Å². The molecule has 1 aliphatic heterocycles. The van der Waals surface area contributed by atoms with Gasteiger partial charge in [-0.2, -0.15) is 4.98 Å². The number of benzene rings is 2. The number of aromatic nitrogens is 2. The normalized spacial score (nSPS) is 14.0. The van der Waals surface area contributed by atoms with Gasteiger partial charge in [-0.3, -0.25) is 4.79 Å². The Morgan fingerprint density at radius 3 is 2.71 bits per heavy atom. The molecule has 0 spiro atoms. The van der Waals surface area contributed by atoms with Crippen LogP contribution in [-0.2, 0) is 21.1 Å². The van der Waals surface area contributed by atoms with Crippen LogP contribution in [0.4, 0.5) is 10.1 Å². The van der Waals surface area contributed by atoms with Crippen LogP contribution in [0.3, 0.4) is 0 Å². The highest BCUT2D eigenvalue weighted by Crippen LogP contribution is 2.29. The van der Waals surface area contributed by atoms with Crippen LogP contribution in [0.2, 0.25) is 0 Å². The lowest BCUT2D eigenvalue weighted by molar-refractivity contribution is -0.116. The second-order valence-electron chi connectivity index (χ2n) is 6.17. The van der Waals surface area contributed by atoms with Gasteiger partial charge in [0, 0.05) is 29.5 Å². The van der Waals surface area contributed by atoms with Crippen molar-refractivity contribution in [1.82, 2.24) is 10.1 Å². The van der Waals surface area contributed by atoms with Crippen molar-refractivity contribution >= 4 is 27.5 Å². The highest BCUT2D eigenvalue weighted by atomic mass is 32.2. The van der Waals surface area contributed by atoms with Crippen LogP contribution in [0.5, 0.6) is 0 Å². The monoisotopic (exact) mass is 399 g/mol. The fourth-order valence-electron chi connectivity index (χ4n) is 2.75. The van der Waals surface area contributed by atoms with Gasteiger partial charge in [-0.1, -0.05) is 11.2 Å². The molecule has 3 aromatic rings. The van der Waals surface area contributed by atoms with Crippen molar-refractivity contribution in [3.63, 3.8) is 0 Å². The summed E-state index contributed by atoms with van der Waals surface area (Å²) in [6.07, 6.45) is 1.81. The van der Waals surface area contributed by atoms with E-state index in [0.717, 1.165) is 5.41 Å². The van der Waals surface area contributed by atoms with Crippen molar-refractivity contribution in [3.05, 3.63) is 65.1 Å². The van der Waals surface area contributed by atoms with Crippen LogP contribution in [0.15, 0.2) is 57.3 Å². The van der Waals surface area contributed by atoms with Gasteiger partial charge >= 0.3 is 0 Å². The predicted octanol–water partition coefficient (Wildman–Crippen LogP) is 3.21. The van der Waals surface area contributed by atoms with Crippen molar-refractivity contribution in [3.8, 4) is 11.4 Å². The van der Waals surface area contributed by atoms with Crippen molar-refractivity contribution in [2.24, 2.45) is 0 Å². The maximum atomic E-state index is 13.0. The third-order valence-corrected chi connectivity index (χ3v) is 5.63. The first-order valence-electron chi connectivity index (χ1n) is 8.36. The van der Waals surface area contributed by atoms with Gasteiger partial charge in [0.25, 0.3) is 0 Å². The summed E-state index contributed by atoms with van der Waals surface area (Å²) >= 11 is 0. The maximum absolute atomic E-state index is 13.0. The van der Waals surface area contributed by atoms with Gasteiger partial charge in [0.05, 0.1) is 4.90 Å². The molecule has 0 fully saturated rings. The number of carbonyl (C=O) groups is 1. The van der Waals surface area contributed by atoms with E-state index >= 15 is 0 Å². The Kier molecular flexibility index (Phi) is 4.52. The molecule has 0 saturated heterocycles. The topological polar surface area (TPSA) is 102 Å². The van der Waals surface area contributed by atoms with Crippen LogP contribution in [0, 0.1) is 5.82 Å². The SMILES string of the molecule is O=C(CCc1nc(-c2ccc(F)cc2)no1)Nc1ccc2c(c1)S(=O)(=O)C=C2. The zero-order valence-corrected chi connectivity index (χ0v) is 15.2. The van der Waals surface area contributed by atoms with E-state index in [1.807, 2.05) is 0 Å². The molecule has 0 atom stereocenters. The summed E-state index contributed by atoms with van der Waals surface area (Å²) in [5, 5.41) is 7.62. The molecule has 0 saturated carbocycles. The molecule has 1 amide bonds. The third-order valence-electron chi connectivity index (χ3n) is 4.17. The standard InChI is InChI=1S/C19H14FN3O4S/c20-14-4-1-13(2-5-14)19-22-18(27-23-19)8-7-17(24)21-15-6-3-12-9-10-28(25,26)16(12)11-15/h1-6,9-11H,7-8H2,(H,21,24). The molecule has 0 radical (unpaired) electrons. The van der Waals surface area contributed by atoms with Crippen molar-refractivity contribution in [2.75, 3.05) is 5.32 Å². The fourth-order valence-corrected chi connectivity index (χ4v) is 3.98. The van der Waals surface area contributed by atoms with Gasteiger partial charge in [0.2, 0.25) is 27.5 Å². The van der Waals surface area contributed by atoms with E-state index in [1.165, 1.54) is 36.4 Å². The number of hydrogen-bond donors (Lipinski definition) is 1. The summed E-state index contributed by atoms with van der Waals surface area (Å²) in [4.78, 5) is 16.5. The van der Waals surface area contributed by atoms with E-state index in [-0.39, 0.29) is 35.4 Å². The lowest BCUT2D eigenvalue weighted by Crippen LogP contribution is -2.12. The molecule has 0 unspecified atom stereocenters. The minimum atomic E-state index is -3.43. The zero-order valence-electron chi connectivity index (χ0n) is 14.4. The molecule has 1 aromatic heterocycles. The molecular weight excluding hydrogens is 385 g/mol. The Balaban J connectivity index is 1.37. The number of halogens is 1. The second kappa shape index (κ2) is 7.01. The summed E-state index contributed by atoms with van der Waals surface area (Å²) in [5.41, 5.74) is 1.60. The molecular formula is C19H14FN3O4S. The van der Waals surface area contributed by atoms with E-state index in [9.17, 15) is 17.6 Å². The average molecular weight is 399 g/mol. The summed E-state index contributed by atoms with van der Waals surface area (Å²) < 4.78 is 41.9. The number of rotatable bonds is 5. The van der Waals surface area contributed by atoms with Crippen LogP contribution in [0.25, 0.3) is 17.5 Å². The van der Waals surface area contributed by atoms with Gasteiger partial charge < -0.3 is 9.84 Å². The maximum Gasteiger partial charge on any atom is 0.227 e. The Morgan fingerprint density at radius 1 is 1.14 bits per heavy atom. The number of fused-ring (bicyclic) bond motifs is 1. The molecule has 4 rings (SSSR count). The highest BCUT2D eigenvalue weighted by Gasteiger charge is 2.21. The van der Waals surface area contributed by atoms with Crippen LogP contribution in [-0.4, -0.2) is 24.5 Å². The Morgan fingerprint density at radius 2 is 1.93 bits per heavy atom. The van der Waals surface area contributed by atoms with Crippen molar-refractivity contribution in [2.45, 2.75) is 17.7 Å². The number of amides is 1. The van der Waals surface area contributed by atoms with Gasteiger partial charge in [0.15, 0.2) is 0 Å². The van der Waals surface area contributed by atoms with E-state index in [4.69, 9.17) is 4.52 Å². The molecule has 0 bridgehead atoms. The minimum Gasteiger partial charge on any atom is -0.339 e. The molecule has 2 heterocycles. The van der Waals surface area contributed by atoms with E-state index in [1.54, 1.807) is 12.1 Å². The number of aryl methyl sites for hydroxylation is 1. The Hall–Kier alpha value is -3.33. The first-order chi connectivity index (χ1) is 13.4. The largest absolute Gasteiger partial charge is 0.339 e. The molecule has 2 aromatic carbocycles. The van der Waals surface area contributed by atoms with Crippen LogP contribution in [0.1, 0.15) is 17.9 Å². The third kappa shape index (κ3) is 3.70. The van der Waals surface area contributed by atoms with E-state index in [0.29, 0.717) is 22.6 Å². The van der Waals surface area contributed by atoms with E-state index in [2.05, 4.69) is 15.5 Å². The van der Waals surface area contributed by atoms with Gasteiger partial charge in [-0.05, 0) is 48.0 Å². The predicted molar refractivity (Wildman–Crippen MR) is 99.3 cm³/mol. The van der Waals surface area contributed by atoms with Crippen LogP contribution < -0.4 is 5.32 Å². The number of carbonyl (C=O) groups excluding carboxylic acids is 1. The number of sulfone groups is 1. The lowest BCUT2D eigenvalue weighted by atomic mass is 10.2. The molecule has 0 aliphatic carbocycles. The summed E-state index contributed by atoms with van der Waals surface area (Å²) in [6.45, 7) is 0. The Labute approximate surface area is 159 Å². The van der Waals surface area contributed by atoms with Crippen molar-refractivity contribution < 1.29 is 22.1 Å². The zero-order chi connectivity index (χ0) is 19.7. The van der Waals surface area contributed by atoms with Crippen LogP contribution >= 0.6 is 0 Å². The summed E-state index contributed by atoms with van der Waals surface area (Å²) in [6, 6.07) is 10.4. The lowest BCUT2D eigenvalue weighted by Gasteiger charge is -2.06. The molecule has 9 heteroatoms. The number of nitrogens with zero attached hydrogens (tertiary/aromatic N) is 2. The fraction of sp³-hybridized carbons (Fsp3) is 0.105. The average Bonchev–Trinajstić information content (AvgIpc) is 3.26. The summed E-state index contributed by atoms with van der Waals surface area (Å²) in [7, 11) is -3.43. The smallest absolute Gasteiger partial charge is 0.227 e. The molecule has 7 nitrogen and oxygen atoms in total. The first kappa shape index (κ1) is 18.1. The summed E-state index contributed by atoms with van der Waals surface area (Å²) in [5.74, 6) is -0.0916. The second-order valence-corrected chi connectivity index (χ2v) is 7.97. The highest BCUT2D eigenvalue weighted by molar-refractivity contribution is 7.94. The Bertz CT molecular complexity index is 1180. The van der Waals surface area contributed by atoms with Crippen molar-refractivity contribution in [1.29, 1.82) is 0 Å². The molecule has 1 N–H and O–H groups in total. The molecule has 142 valence electrons. The van der Waals surface area contributed by atoms with E-state index < -0.39 is 9.84 Å². The minimum absolute atomic E-state index is 0.0765. The first-order valence-corrected chi connectivity index (χ1v) is 9.91. The van der Waals surface area contributed by atoms with Gasteiger partial charge in [-0.15, -0.1) is 0 Å².